The number of carbonyl (C=O) groups is 1. The van der Waals surface area contributed by atoms with Crippen LogP contribution in [0.15, 0.2) is 64.5 Å². The van der Waals surface area contributed by atoms with Crippen molar-refractivity contribution in [3.8, 4) is 0 Å². The Bertz CT molecular complexity index is 1030. The minimum Gasteiger partial charge on any atom is -0.340 e. The fourth-order valence-corrected chi connectivity index (χ4v) is 4.00. The summed E-state index contributed by atoms with van der Waals surface area (Å²) in [6.45, 7) is 1.55. The third-order valence-corrected chi connectivity index (χ3v) is 5.69. The van der Waals surface area contributed by atoms with Crippen molar-refractivity contribution in [2.45, 2.75) is 18.1 Å². The Balaban J connectivity index is 1.83. The summed E-state index contributed by atoms with van der Waals surface area (Å²) < 4.78 is 1.71. The maximum atomic E-state index is 13.0. The highest BCUT2D eigenvalue weighted by Crippen LogP contribution is 2.20. The molecule has 0 unspecified atom stereocenters. The average Bonchev–Trinajstić information content (AvgIpc) is 2.73. The van der Waals surface area contributed by atoms with Gasteiger partial charge < -0.3 is 9.80 Å². The molecule has 1 N–H and O–H groups in total. The smallest absolute Gasteiger partial charge is 0.262 e. The number of carbonyl (C=O) groups excluding carboxylic acids is 1. The number of aromatic nitrogens is 2. The van der Waals surface area contributed by atoms with Crippen molar-refractivity contribution < 1.29 is 9.69 Å². The van der Waals surface area contributed by atoms with Gasteiger partial charge in [-0.2, -0.15) is 0 Å². The molecule has 2 aromatic carbocycles. The highest BCUT2D eigenvalue weighted by Gasteiger charge is 2.16. The van der Waals surface area contributed by atoms with E-state index in [1.807, 2.05) is 48.5 Å². The van der Waals surface area contributed by atoms with E-state index in [4.69, 9.17) is 0 Å². The lowest BCUT2D eigenvalue weighted by Gasteiger charge is -2.18. The Morgan fingerprint density at radius 1 is 1.10 bits per heavy atom. The summed E-state index contributed by atoms with van der Waals surface area (Å²) in [5, 5.41) is 1.21. The predicted molar refractivity (Wildman–Crippen MR) is 119 cm³/mol. The summed E-state index contributed by atoms with van der Waals surface area (Å²) in [4.78, 5) is 33.4. The van der Waals surface area contributed by atoms with Gasteiger partial charge in [0.05, 0.1) is 37.3 Å². The Morgan fingerprint density at radius 2 is 1.79 bits per heavy atom. The van der Waals surface area contributed by atoms with Crippen molar-refractivity contribution in [1.82, 2.24) is 9.55 Å². The minimum atomic E-state index is -0.0456. The number of hydrogen-bond acceptors (Lipinski definition) is 4. The first-order valence-corrected chi connectivity index (χ1v) is 10.7. The molecule has 0 aliphatic heterocycles. The second-order valence-corrected chi connectivity index (χ2v) is 8.20. The molecule has 0 radical (unpaired) electrons. The zero-order valence-electron chi connectivity index (χ0n) is 17.1. The molecule has 7 heteroatoms. The summed E-state index contributed by atoms with van der Waals surface area (Å²) in [5.41, 5.74) is 1.46. The van der Waals surface area contributed by atoms with Gasteiger partial charge in [-0.15, -0.1) is 0 Å². The molecule has 1 amide bonds. The first-order valence-electron chi connectivity index (χ1n) is 9.70. The molecule has 0 fully saturated rings. The normalized spacial score (nSPS) is 11.2. The number of quaternary nitrogens is 1. The number of para-hydroxylation sites is 2. The van der Waals surface area contributed by atoms with Gasteiger partial charge in [0, 0.05) is 25.7 Å². The number of anilines is 1. The van der Waals surface area contributed by atoms with E-state index in [-0.39, 0.29) is 17.2 Å². The van der Waals surface area contributed by atoms with Crippen LogP contribution in [0.2, 0.25) is 0 Å². The first kappa shape index (κ1) is 21.1. The highest BCUT2D eigenvalue weighted by atomic mass is 32.2. The Kier molecular flexibility index (Phi) is 7.06. The second-order valence-electron chi connectivity index (χ2n) is 7.26. The van der Waals surface area contributed by atoms with E-state index in [9.17, 15) is 9.59 Å². The molecule has 0 saturated heterocycles. The summed E-state index contributed by atoms with van der Waals surface area (Å²) in [6, 6.07) is 16.9. The van der Waals surface area contributed by atoms with Gasteiger partial charge in [-0.25, -0.2) is 4.98 Å². The van der Waals surface area contributed by atoms with Crippen LogP contribution in [0.4, 0.5) is 5.69 Å². The molecular weight excluding hydrogens is 384 g/mol. The molecule has 3 aromatic rings. The topological polar surface area (TPSA) is 59.6 Å². The van der Waals surface area contributed by atoms with Gasteiger partial charge in [0.2, 0.25) is 5.91 Å². The number of nitrogens with zero attached hydrogens (tertiary/aromatic N) is 3. The van der Waals surface area contributed by atoms with E-state index >= 15 is 0 Å². The van der Waals surface area contributed by atoms with E-state index in [0.717, 1.165) is 18.7 Å². The molecule has 0 bridgehead atoms. The lowest BCUT2D eigenvalue weighted by atomic mass is 10.2. The second kappa shape index (κ2) is 9.71. The number of nitrogens with one attached hydrogen (secondary N) is 1. The minimum absolute atomic E-state index is 0.0344. The van der Waals surface area contributed by atoms with Crippen LogP contribution in [0.1, 0.15) is 6.42 Å². The van der Waals surface area contributed by atoms with E-state index < -0.39 is 0 Å². The van der Waals surface area contributed by atoms with E-state index in [1.165, 1.54) is 16.7 Å². The number of benzene rings is 2. The summed E-state index contributed by atoms with van der Waals surface area (Å²) in [5.74, 6) is 0.183. The maximum Gasteiger partial charge on any atom is 0.262 e. The molecule has 0 atom stereocenters. The SMILES string of the molecule is CN(C(=O)CSc1nc2ccccc2c(=O)n1CCC[NH+](C)C)c1ccccc1. The summed E-state index contributed by atoms with van der Waals surface area (Å²) in [7, 11) is 5.95. The maximum absolute atomic E-state index is 13.0. The van der Waals surface area contributed by atoms with Crippen LogP contribution in [0.3, 0.4) is 0 Å². The van der Waals surface area contributed by atoms with Gasteiger partial charge in [-0.1, -0.05) is 42.1 Å². The molecule has 29 heavy (non-hydrogen) atoms. The van der Waals surface area contributed by atoms with Crippen LogP contribution >= 0.6 is 11.8 Å². The molecule has 0 spiro atoms. The van der Waals surface area contributed by atoms with E-state index in [2.05, 4.69) is 19.1 Å². The molecule has 152 valence electrons. The van der Waals surface area contributed by atoms with Crippen molar-refractivity contribution in [2.24, 2.45) is 0 Å². The molecule has 0 saturated carbocycles. The largest absolute Gasteiger partial charge is 0.340 e. The zero-order chi connectivity index (χ0) is 20.8. The van der Waals surface area contributed by atoms with Gasteiger partial charge in [0.1, 0.15) is 0 Å². The van der Waals surface area contributed by atoms with Gasteiger partial charge >= 0.3 is 0 Å². The Labute approximate surface area is 175 Å². The Hall–Kier alpha value is -2.64. The van der Waals surface area contributed by atoms with E-state index in [0.29, 0.717) is 22.6 Å². The lowest BCUT2D eigenvalue weighted by Crippen LogP contribution is -3.05. The molecule has 1 heterocycles. The van der Waals surface area contributed by atoms with Gasteiger partial charge in [-0.3, -0.25) is 14.2 Å². The van der Waals surface area contributed by atoms with Crippen molar-refractivity contribution in [3.63, 3.8) is 0 Å². The van der Waals surface area contributed by atoms with Crippen molar-refractivity contribution in [1.29, 1.82) is 0 Å². The quantitative estimate of drug-likeness (QED) is 0.453. The summed E-state index contributed by atoms with van der Waals surface area (Å²) in [6.07, 6.45) is 0.869. The van der Waals surface area contributed by atoms with Crippen LogP contribution in [-0.4, -0.2) is 48.9 Å². The molecule has 3 rings (SSSR count). The van der Waals surface area contributed by atoms with Crippen LogP contribution in [0.5, 0.6) is 0 Å². The summed E-state index contributed by atoms with van der Waals surface area (Å²) >= 11 is 1.32. The third kappa shape index (κ3) is 5.25. The molecule has 1 aromatic heterocycles. The van der Waals surface area contributed by atoms with Crippen LogP contribution in [0, 0.1) is 0 Å². The average molecular weight is 412 g/mol. The van der Waals surface area contributed by atoms with Crippen LogP contribution in [-0.2, 0) is 11.3 Å². The van der Waals surface area contributed by atoms with Crippen molar-refractivity contribution in [2.75, 3.05) is 38.3 Å². The van der Waals surface area contributed by atoms with Crippen molar-refractivity contribution >= 4 is 34.3 Å². The zero-order valence-corrected chi connectivity index (χ0v) is 17.9. The third-order valence-electron chi connectivity index (χ3n) is 4.73. The fourth-order valence-electron chi connectivity index (χ4n) is 3.06. The van der Waals surface area contributed by atoms with Crippen LogP contribution in [0.25, 0.3) is 10.9 Å². The number of amides is 1. The first-order chi connectivity index (χ1) is 14.0. The number of rotatable bonds is 8. The molecular formula is C22H27N4O2S+. The number of thioether (sulfide) groups is 1. The van der Waals surface area contributed by atoms with Crippen LogP contribution < -0.4 is 15.4 Å². The molecule has 0 aliphatic rings. The van der Waals surface area contributed by atoms with E-state index in [1.54, 1.807) is 22.6 Å². The number of hydrogen-bond donors (Lipinski definition) is 1. The molecule has 0 aliphatic carbocycles. The number of fused-ring (bicyclic) bond motifs is 1. The van der Waals surface area contributed by atoms with Gasteiger partial charge in [-0.05, 0) is 24.3 Å². The van der Waals surface area contributed by atoms with Gasteiger partial charge in [0.25, 0.3) is 5.56 Å². The lowest BCUT2D eigenvalue weighted by molar-refractivity contribution is -0.858. The Morgan fingerprint density at radius 3 is 2.52 bits per heavy atom. The van der Waals surface area contributed by atoms with Gasteiger partial charge in [0.15, 0.2) is 5.16 Å². The van der Waals surface area contributed by atoms with Crippen molar-refractivity contribution in [3.05, 3.63) is 65.0 Å². The highest BCUT2D eigenvalue weighted by molar-refractivity contribution is 7.99. The molecule has 6 nitrogen and oxygen atoms in total. The monoisotopic (exact) mass is 411 g/mol. The fraction of sp³-hybridized carbons (Fsp3) is 0.318. The predicted octanol–water partition coefficient (Wildman–Crippen LogP) is 1.69. The standard InChI is InChI=1S/C22H26N4O2S/c1-24(2)14-9-15-26-21(28)18-12-7-8-13-19(18)23-22(26)29-16-20(27)25(3)17-10-5-4-6-11-17/h4-8,10-13H,9,14-16H2,1-3H3/p+1.